The number of carboxylic acid groups (broad SMARTS) is 1. The highest BCUT2D eigenvalue weighted by molar-refractivity contribution is 5.70. The van der Waals surface area contributed by atoms with E-state index in [1.165, 1.54) is 5.57 Å². The van der Waals surface area contributed by atoms with Gasteiger partial charge in [0.2, 0.25) is 5.89 Å². The number of oxazole rings is 1. The third kappa shape index (κ3) is 6.98. The van der Waals surface area contributed by atoms with Gasteiger partial charge < -0.3 is 14.3 Å². The average molecular weight is 438 g/mol. The van der Waals surface area contributed by atoms with E-state index in [9.17, 15) is 9.90 Å². The maximum atomic E-state index is 11.4. The van der Waals surface area contributed by atoms with Crippen LogP contribution in [0.2, 0.25) is 0 Å². The Morgan fingerprint density at radius 1 is 1.25 bits per heavy atom. The Hall–Kier alpha value is -3.08. The molecule has 172 valence electrons. The van der Waals surface area contributed by atoms with Crippen LogP contribution in [-0.2, 0) is 24.1 Å². The third-order valence-corrected chi connectivity index (χ3v) is 5.43. The summed E-state index contributed by atoms with van der Waals surface area (Å²) in [6.07, 6.45) is 8.32. The average Bonchev–Trinajstić information content (AvgIpc) is 3.12. The Morgan fingerprint density at radius 2 is 2.00 bits per heavy atom. The Bertz CT molecular complexity index is 993. The fourth-order valence-corrected chi connectivity index (χ4v) is 3.42. The summed E-state index contributed by atoms with van der Waals surface area (Å²) in [5.74, 6) is 1.02. The second kappa shape index (κ2) is 12.1. The SMILES string of the molecule is C=C/C(=C\C=C(C)C)c1nc(CCOc2ccc(C[C@H](CC)C(=O)O)c(CC)c2)c(C)o1. The second-order valence-corrected chi connectivity index (χ2v) is 8.12. The predicted molar refractivity (Wildman–Crippen MR) is 129 cm³/mol. The van der Waals surface area contributed by atoms with Crippen LogP contribution in [0.4, 0.5) is 0 Å². The number of allylic oxidation sites excluding steroid dienone is 5. The molecular formula is C27H35NO4. The molecule has 1 atom stereocenters. The fraction of sp³-hybridized carbons (Fsp3) is 0.407. The summed E-state index contributed by atoms with van der Waals surface area (Å²) >= 11 is 0. The molecule has 5 nitrogen and oxygen atoms in total. The van der Waals surface area contributed by atoms with Gasteiger partial charge in [0.15, 0.2) is 0 Å². The zero-order valence-electron chi connectivity index (χ0n) is 19.9. The van der Waals surface area contributed by atoms with Crippen LogP contribution in [0.1, 0.15) is 62.6 Å². The van der Waals surface area contributed by atoms with Gasteiger partial charge in [-0.2, -0.15) is 0 Å². The Kier molecular flexibility index (Phi) is 9.51. The third-order valence-electron chi connectivity index (χ3n) is 5.43. The minimum absolute atomic E-state index is 0.359. The van der Waals surface area contributed by atoms with Crippen LogP contribution in [0.25, 0.3) is 5.57 Å². The van der Waals surface area contributed by atoms with Crippen molar-refractivity contribution < 1.29 is 19.1 Å². The smallest absolute Gasteiger partial charge is 0.306 e. The van der Waals surface area contributed by atoms with Crippen molar-refractivity contribution in [2.75, 3.05) is 6.61 Å². The van der Waals surface area contributed by atoms with Crippen molar-refractivity contribution in [3.63, 3.8) is 0 Å². The van der Waals surface area contributed by atoms with Gasteiger partial charge in [0, 0.05) is 12.0 Å². The Morgan fingerprint density at radius 3 is 2.59 bits per heavy atom. The monoisotopic (exact) mass is 437 g/mol. The molecule has 5 heteroatoms. The summed E-state index contributed by atoms with van der Waals surface area (Å²) in [5.41, 5.74) is 5.10. The topological polar surface area (TPSA) is 72.6 Å². The maximum Gasteiger partial charge on any atom is 0.306 e. The first-order chi connectivity index (χ1) is 15.3. The van der Waals surface area contributed by atoms with E-state index >= 15 is 0 Å². The molecule has 2 rings (SSSR count). The summed E-state index contributed by atoms with van der Waals surface area (Å²) in [6.45, 7) is 14.3. The standard InChI is InChI=1S/C27H35NO4/c1-7-20(11-10-18(4)5)26-28-25(19(6)32-26)14-15-31-24-13-12-23(21(8-2)17-24)16-22(9-3)27(29)30/h7,10-13,17,22H,1,8-9,14-16H2,2-6H3,(H,29,30)/b20-11+/t22-/m0/s1. The number of hydrogen-bond donors (Lipinski definition) is 1. The Balaban J connectivity index is 2.05. The molecule has 0 amide bonds. The molecule has 32 heavy (non-hydrogen) atoms. The van der Waals surface area contributed by atoms with Gasteiger partial charge >= 0.3 is 5.97 Å². The van der Waals surface area contributed by atoms with Gasteiger partial charge in [-0.05, 0) is 69.4 Å². The fourth-order valence-electron chi connectivity index (χ4n) is 3.42. The van der Waals surface area contributed by atoms with Crippen LogP contribution in [0.5, 0.6) is 5.75 Å². The van der Waals surface area contributed by atoms with E-state index in [1.54, 1.807) is 6.08 Å². The molecule has 0 aliphatic carbocycles. The summed E-state index contributed by atoms with van der Waals surface area (Å²) < 4.78 is 11.8. The molecule has 1 aromatic heterocycles. The largest absolute Gasteiger partial charge is 0.493 e. The quantitative estimate of drug-likeness (QED) is 0.391. The van der Waals surface area contributed by atoms with Gasteiger partial charge in [0.05, 0.1) is 18.2 Å². The van der Waals surface area contributed by atoms with Gasteiger partial charge in [0.1, 0.15) is 11.5 Å². The van der Waals surface area contributed by atoms with Crippen LogP contribution in [0.15, 0.2) is 53.0 Å². The number of benzene rings is 1. The molecule has 0 unspecified atom stereocenters. The lowest BCUT2D eigenvalue weighted by Crippen LogP contribution is -2.16. The first-order valence-corrected chi connectivity index (χ1v) is 11.2. The van der Waals surface area contributed by atoms with Crippen molar-refractivity contribution in [3.8, 4) is 5.75 Å². The van der Waals surface area contributed by atoms with Crippen LogP contribution in [-0.4, -0.2) is 22.7 Å². The molecule has 1 heterocycles. The first kappa shape index (κ1) is 25.2. The lowest BCUT2D eigenvalue weighted by atomic mass is 9.93. The van der Waals surface area contributed by atoms with Crippen molar-refractivity contribution in [1.29, 1.82) is 0 Å². The van der Waals surface area contributed by atoms with Gasteiger partial charge in [-0.3, -0.25) is 4.79 Å². The molecule has 2 aromatic rings. The number of aromatic nitrogens is 1. The number of aliphatic carboxylic acids is 1. The summed E-state index contributed by atoms with van der Waals surface area (Å²) in [4.78, 5) is 16.0. The van der Waals surface area contributed by atoms with E-state index in [1.807, 2.05) is 58.0 Å². The molecule has 0 bridgehead atoms. The number of carboxylic acids is 1. The van der Waals surface area contributed by atoms with Gasteiger partial charge in [-0.1, -0.05) is 44.2 Å². The van der Waals surface area contributed by atoms with Crippen LogP contribution in [0.3, 0.4) is 0 Å². The first-order valence-electron chi connectivity index (χ1n) is 11.2. The number of aryl methyl sites for hydroxylation is 2. The van der Waals surface area contributed by atoms with Crippen LogP contribution < -0.4 is 4.74 Å². The molecule has 0 radical (unpaired) electrons. The molecule has 0 fully saturated rings. The highest BCUT2D eigenvalue weighted by Gasteiger charge is 2.17. The zero-order valence-corrected chi connectivity index (χ0v) is 19.9. The molecule has 0 spiro atoms. The van der Waals surface area contributed by atoms with Crippen molar-refractivity contribution in [3.05, 3.63) is 77.1 Å². The minimum atomic E-state index is -0.743. The van der Waals surface area contributed by atoms with E-state index < -0.39 is 5.97 Å². The van der Waals surface area contributed by atoms with Crippen molar-refractivity contribution in [2.24, 2.45) is 5.92 Å². The number of ether oxygens (including phenoxy) is 1. The van der Waals surface area contributed by atoms with Gasteiger partial charge in [-0.15, -0.1) is 0 Å². The lowest BCUT2D eigenvalue weighted by molar-refractivity contribution is -0.141. The minimum Gasteiger partial charge on any atom is -0.493 e. The van der Waals surface area contributed by atoms with Crippen molar-refractivity contribution in [2.45, 2.75) is 60.3 Å². The highest BCUT2D eigenvalue weighted by atomic mass is 16.5. The number of hydrogen-bond acceptors (Lipinski definition) is 4. The molecule has 0 saturated heterocycles. The molecule has 1 aromatic carbocycles. The van der Waals surface area contributed by atoms with Crippen molar-refractivity contribution in [1.82, 2.24) is 4.98 Å². The number of rotatable bonds is 12. The maximum absolute atomic E-state index is 11.4. The molecular weight excluding hydrogens is 402 g/mol. The lowest BCUT2D eigenvalue weighted by Gasteiger charge is -2.15. The van der Waals surface area contributed by atoms with Crippen molar-refractivity contribution >= 4 is 11.5 Å². The molecule has 0 aliphatic rings. The van der Waals surface area contributed by atoms with E-state index in [2.05, 4.69) is 18.5 Å². The molecule has 0 aliphatic heterocycles. The van der Waals surface area contributed by atoms with Crippen LogP contribution >= 0.6 is 0 Å². The normalized spacial score (nSPS) is 12.3. The summed E-state index contributed by atoms with van der Waals surface area (Å²) in [6, 6.07) is 5.93. The van der Waals surface area contributed by atoms with E-state index in [0.717, 1.165) is 40.3 Å². The number of nitrogens with zero attached hydrogens (tertiary/aromatic N) is 1. The van der Waals surface area contributed by atoms with Crippen LogP contribution in [0, 0.1) is 12.8 Å². The molecule has 1 N–H and O–H groups in total. The second-order valence-electron chi connectivity index (χ2n) is 8.12. The Labute approximate surface area is 191 Å². The number of carbonyl (C=O) groups is 1. The van der Waals surface area contributed by atoms with Gasteiger partial charge in [-0.25, -0.2) is 4.98 Å². The van der Waals surface area contributed by atoms with E-state index in [-0.39, 0.29) is 5.92 Å². The van der Waals surface area contributed by atoms with E-state index in [4.69, 9.17) is 9.15 Å². The molecule has 0 saturated carbocycles. The predicted octanol–water partition coefficient (Wildman–Crippen LogP) is 6.36. The summed E-state index contributed by atoms with van der Waals surface area (Å²) in [7, 11) is 0. The highest BCUT2D eigenvalue weighted by Crippen LogP contribution is 2.24. The zero-order chi connectivity index (χ0) is 23.7. The van der Waals surface area contributed by atoms with E-state index in [0.29, 0.717) is 31.8 Å². The summed E-state index contributed by atoms with van der Waals surface area (Å²) in [5, 5.41) is 9.36. The van der Waals surface area contributed by atoms with Gasteiger partial charge in [0.25, 0.3) is 0 Å².